The highest BCUT2D eigenvalue weighted by Crippen LogP contribution is 2.23. The maximum atomic E-state index is 3.47. The molecule has 0 saturated carbocycles. The Morgan fingerprint density at radius 1 is 1.06 bits per heavy atom. The number of nitrogens with one attached hydrogen (secondary N) is 1. The van der Waals surface area contributed by atoms with Crippen molar-refractivity contribution in [2.24, 2.45) is 5.92 Å². The van der Waals surface area contributed by atoms with Crippen molar-refractivity contribution in [1.82, 2.24) is 10.2 Å². The minimum Gasteiger partial charge on any atom is -0.317 e. The molecule has 1 N–H and O–H groups in total. The molecule has 2 aliphatic heterocycles. The van der Waals surface area contributed by atoms with Gasteiger partial charge in [-0.05, 0) is 77.0 Å². The molecule has 18 heavy (non-hydrogen) atoms. The topological polar surface area (TPSA) is 15.3 Å². The number of rotatable bonds is 6. The molecule has 1 atom stereocenters. The van der Waals surface area contributed by atoms with Crippen LogP contribution in [-0.2, 0) is 0 Å². The average Bonchev–Trinajstić information content (AvgIpc) is 2.42. The van der Waals surface area contributed by atoms with Crippen LogP contribution in [0.25, 0.3) is 0 Å². The van der Waals surface area contributed by atoms with E-state index in [0.717, 1.165) is 12.0 Å². The first kappa shape index (κ1) is 14.3. The molecule has 2 fully saturated rings. The van der Waals surface area contributed by atoms with Crippen LogP contribution in [0.15, 0.2) is 0 Å². The Bertz CT molecular complexity index is 209. The van der Waals surface area contributed by atoms with Crippen LogP contribution in [0.5, 0.6) is 0 Å². The van der Waals surface area contributed by atoms with Crippen LogP contribution in [0.4, 0.5) is 0 Å². The molecule has 0 aromatic rings. The highest BCUT2D eigenvalue weighted by molar-refractivity contribution is 4.77. The Labute approximate surface area is 114 Å². The first-order valence-corrected chi connectivity index (χ1v) is 8.35. The van der Waals surface area contributed by atoms with Crippen LogP contribution in [-0.4, -0.2) is 37.1 Å². The molecule has 0 amide bonds. The average molecular weight is 252 g/mol. The number of hydrogen-bond acceptors (Lipinski definition) is 2. The normalized spacial score (nSPS) is 27.5. The summed E-state index contributed by atoms with van der Waals surface area (Å²) in [5, 5.41) is 3.47. The van der Waals surface area contributed by atoms with Crippen LogP contribution in [0.2, 0.25) is 0 Å². The monoisotopic (exact) mass is 252 g/mol. The molecule has 0 spiro atoms. The predicted molar refractivity (Wildman–Crippen MR) is 78.9 cm³/mol. The van der Waals surface area contributed by atoms with E-state index >= 15 is 0 Å². The van der Waals surface area contributed by atoms with Crippen LogP contribution in [0.1, 0.15) is 64.7 Å². The Morgan fingerprint density at radius 2 is 1.89 bits per heavy atom. The van der Waals surface area contributed by atoms with Crippen LogP contribution < -0.4 is 5.32 Å². The maximum Gasteiger partial charge on any atom is 0.00951 e. The summed E-state index contributed by atoms with van der Waals surface area (Å²) in [6.07, 6.45) is 12.9. The lowest BCUT2D eigenvalue weighted by molar-refractivity contribution is 0.133. The van der Waals surface area contributed by atoms with Crippen LogP contribution in [0, 0.1) is 5.92 Å². The Kier molecular flexibility index (Phi) is 6.50. The molecule has 2 heterocycles. The highest BCUT2D eigenvalue weighted by Gasteiger charge is 2.21. The second-order valence-electron chi connectivity index (χ2n) is 6.31. The molecule has 0 radical (unpaired) electrons. The molecule has 2 saturated heterocycles. The Balaban J connectivity index is 1.64. The van der Waals surface area contributed by atoms with Gasteiger partial charge in [0.25, 0.3) is 0 Å². The first-order chi connectivity index (χ1) is 8.90. The summed E-state index contributed by atoms with van der Waals surface area (Å²) in [7, 11) is 0. The lowest BCUT2D eigenvalue weighted by Gasteiger charge is -2.36. The van der Waals surface area contributed by atoms with Crippen molar-refractivity contribution in [2.75, 3.05) is 26.2 Å². The van der Waals surface area contributed by atoms with Gasteiger partial charge in [0, 0.05) is 6.04 Å². The summed E-state index contributed by atoms with van der Waals surface area (Å²) in [4.78, 5) is 2.80. The van der Waals surface area contributed by atoms with Crippen LogP contribution in [0.3, 0.4) is 0 Å². The van der Waals surface area contributed by atoms with Gasteiger partial charge in [-0.3, -0.25) is 0 Å². The first-order valence-electron chi connectivity index (χ1n) is 8.35. The highest BCUT2D eigenvalue weighted by atomic mass is 15.2. The summed E-state index contributed by atoms with van der Waals surface area (Å²) >= 11 is 0. The van der Waals surface area contributed by atoms with Gasteiger partial charge in [0.15, 0.2) is 0 Å². The lowest BCUT2D eigenvalue weighted by atomic mass is 9.92. The van der Waals surface area contributed by atoms with Crippen molar-refractivity contribution in [2.45, 2.75) is 70.8 Å². The lowest BCUT2D eigenvalue weighted by Crippen LogP contribution is -2.40. The van der Waals surface area contributed by atoms with Gasteiger partial charge in [-0.2, -0.15) is 0 Å². The third-order valence-electron chi connectivity index (χ3n) is 4.89. The van der Waals surface area contributed by atoms with Gasteiger partial charge in [0.1, 0.15) is 0 Å². The minimum absolute atomic E-state index is 0.914. The molecule has 0 aromatic heterocycles. The van der Waals surface area contributed by atoms with Crippen molar-refractivity contribution in [3.05, 3.63) is 0 Å². The SMILES string of the molecule is CCCC1CCCCN1CCCC1CCNCC1. The van der Waals surface area contributed by atoms with Gasteiger partial charge in [0.05, 0.1) is 0 Å². The van der Waals surface area contributed by atoms with E-state index in [1.54, 1.807) is 0 Å². The molecule has 0 bridgehead atoms. The van der Waals surface area contributed by atoms with E-state index in [-0.39, 0.29) is 0 Å². The predicted octanol–water partition coefficient (Wildman–Crippen LogP) is 3.42. The molecule has 0 aromatic carbocycles. The molecule has 2 heteroatoms. The fourth-order valence-corrected chi connectivity index (χ4v) is 3.77. The molecule has 1 unspecified atom stereocenters. The molecule has 0 aliphatic carbocycles. The minimum atomic E-state index is 0.914. The standard InChI is InChI=1S/C16H32N2/c1-2-6-16-8-3-4-13-18(16)14-5-7-15-9-11-17-12-10-15/h15-17H,2-14H2,1H3. The van der Waals surface area contributed by atoms with Gasteiger partial charge in [-0.15, -0.1) is 0 Å². The molecule has 2 rings (SSSR count). The van der Waals surface area contributed by atoms with Crippen molar-refractivity contribution in [3.8, 4) is 0 Å². The van der Waals surface area contributed by atoms with Gasteiger partial charge in [-0.25, -0.2) is 0 Å². The Hall–Kier alpha value is -0.0800. The fraction of sp³-hybridized carbons (Fsp3) is 1.00. The van der Waals surface area contributed by atoms with E-state index in [9.17, 15) is 0 Å². The van der Waals surface area contributed by atoms with Gasteiger partial charge in [-0.1, -0.05) is 19.8 Å². The van der Waals surface area contributed by atoms with Gasteiger partial charge >= 0.3 is 0 Å². The molecule has 2 nitrogen and oxygen atoms in total. The van der Waals surface area contributed by atoms with E-state index < -0.39 is 0 Å². The quantitative estimate of drug-likeness (QED) is 0.779. The summed E-state index contributed by atoms with van der Waals surface area (Å²) < 4.78 is 0. The molecule has 2 aliphatic rings. The maximum absolute atomic E-state index is 3.47. The second-order valence-corrected chi connectivity index (χ2v) is 6.31. The largest absolute Gasteiger partial charge is 0.317 e. The van der Waals surface area contributed by atoms with Crippen molar-refractivity contribution >= 4 is 0 Å². The summed E-state index contributed by atoms with van der Waals surface area (Å²) in [5.74, 6) is 1.01. The number of likely N-dealkylation sites (tertiary alicyclic amines) is 1. The third-order valence-corrected chi connectivity index (χ3v) is 4.89. The van der Waals surface area contributed by atoms with E-state index in [4.69, 9.17) is 0 Å². The van der Waals surface area contributed by atoms with Crippen molar-refractivity contribution < 1.29 is 0 Å². The summed E-state index contributed by atoms with van der Waals surface area (Å²) in [6, 6.07) is 0.914. The number of hydrogen-bond donors (Lipinski definition) is 1. The van der Waals surface area contributed by atoms with Gasteiger partial charge in [0.2, 0.25) is 0 Å². The van der Waals surface area contributed by atoms with Crippen molar-refractivity contribution in [1.29, 1.82) is 0 Å². The molecule has 106 valence electrons. The van der Waals surface area contributed by atoms with Crippen molar-refractivity contribution in [3.63, 3.8) is 0 Å². The zero-order valence-electron chi connectivity index (χ0n) is 12.3. The molecular weight excluding hydrogens is 220 g/mol. The van der Waals surface area contributed by atoms with E-state index in [1.165, 1.54) is 84.0 Å². The zero-order chi connectivity index (χ0) is 12.6. The van der Waals surface area contributed by atoms with E-state index in [2.05, 4.69) is 17.1 Å². The molecular formula is C16H32N2. The number of nitrogens with zero attached hydrogens (tertiary/aromatic N) is 1. The third kappa shape index (κ3) is 4.55. The smallest absolute Gasteiger partial charge is 0.00951 e. The van der Waals surface area contributed by atoms with Gasteiger partial charge < -0.3 is 10.2 Å². The van der Waals surface area contributed by atoms with E-state index in [0.29, 0.717) is 0 Å². The summed E-state index contributed by atoms with van der Waals surface area (Å²) in [6.45, 7) is 7.59. The Morgan fingerprint density at radius 3 is 2.67 bits per heavy atom. The zero-order valence-corrected chi connectivity index (χ0v) is 12.3. The number of piperidine rings is 2. The second kappa shape index (κ2) is 8.16. The fourth-order valence-electron chi connectivity index (χ4n) is 3.77. The van der Waals surface area contributed by atoms with E-state index in [1.807, 2.05) is 0 Å². The van der Waals surface area contributed by atoms with Crippen LogP contribution >= 0.6 is 0 Å². The summed E-state index contributed by atoms with van der Waals surface area (Å²) in [5.41, 5.74) is 0.